The summed E-state index contributed by atoms with van der Waals surface area (Å²) in [6, 6.07) is 15.6. The molecule has 0 aliphatic carbocycles. The van der Waals surface area contributed by atoms with Crippen molar-refractivity contribution in [3.8, 4) is 17.0 Å². The van der Waals surface area contributed by atoms with Crippen LogP contribution in [-0.4, -0.2) is 20.7 Å². The van der Waals surface area contributed by atoms with Crippen molar-refractivity contribution in [3.63, 3.8) is 0 Å². The van der Waals surface area contributed by atoms with Gasteiger partial charge in [0.25, 0.3) is 0 Å². The molecule has 156 valence electrons. The summed E-state index contributed by atoms with van der Waals surface area (Å²) >= 11 is 0. The minimum absolute atomic E-state index is 0.0667. The third-order valence-electron chi connectivity index (χ3n) is 4.75. The Morgan fingerprint density at radius 1 is 1.13 bits per heavy atom. The van der Waals surface area contributed by atoms with E-state index >= 15 is 0 Å². The number of carbonyl (C=O) groups excluding carboxylic acids is 1. The second-order valence-electron chi connectivity index (χ2n) is 6.90. The number of halogens is 1. The zero-order valence-electron chi connectivity index (χ0n) is 17.1. The lowest BCUT2D eigenvalue weighted by molar-refractivity contribution is -0.139. The van der Waals surface area contributed by atoms with Crippen molar-refractivity contribution in [2.45, 2.75) is 20.5 Å². The van der Waals surface area contributed by atoms with Gasteiger partial charge < -0.3 is 9.15 Å². The Balaban J connectivity index is 1.41. The van der Waals surface area contributed by atoms with Gasteiger partial charge >= 0.3 is 5.97 Å². The van der Waals surface area contributed by atoms with Crippen molar-refractivity contribution < 1.29 is 18.3 Å². The number of nitrogens with zero attached hydrogens (tertiary/aromatic N) is 3. The van der Waals surface area contributed by atoms with Gasteiger partial charge in [0.1, 0.15) is 5.82 Å². The van der Waals surface area contributed by atoms with E-state index in [4.69, 9.17) is 9.15 Å². The highest BCUT2D eigenvalue weighted by Crippen LogP contribution is 2.21. The maximum atomic E-state index is 13.2. The largest absolute Gasteiger partial charge is 0.453 e. The predicted octanol–water partition coefficient (Wildman–Crippen LogP) is 5.04. The molecule has 2 aromatic heterocycles. The lowest BCUT2D eigenvalue weighted by Gasteiger charge is -2.04. The molecule has 0 radical (unpaired) electrons. The van der Waals surface area contributed by atoms with Crippen LogP contribution in [0.25, 0.3) is 23.1 Å². The molecule has 0 unspecified atom stereocenters. The fourth-order valence-electron chi connectivity index (χ4n) is 3.17. The molecular weight excluding hydrogens is 397 g/mol. The molecule has 4 aromatic rings. The highest BCUT2D eigenvalue weighted by atomic mass is 19.1. The van der Waals surface area contributed by atoms with E-state index < -0.39 is 5.97 Å². The van der Waals surface area contributed by atoms with Gasteiger partial charge in [0.05, 0.1) is 17.6 Å². The molecule has 0 saturated heterocycles. The van der Waals surface area contributed by atoms with E-state index in [1.54, 1.807) is 29.1 Å². The molecule has 0 saturated carbocycles. The Kier molecular flexibility index (Phi) is 5.75. The average molecular weight is 417 g/mol. The molecule has 7 heteroatoms. The van der Waals surface area contributed by atoms with Crippen LogP contribution in [0.15, 0.2) is 71.3 Å². The Morgan fingerprint density at radius 3 is 2.61 bits per heavy atom. The van der Waals surface area contributed by atoms with Gasteiger partial charge in [0.15, 0.2) is 12.4 Å². The summed E-state index contributed by atoms with van der Waals surface area (Å²) in [7, 11) is 0. The van der Waals surface area contributed by atoms with Crippen LogP contribution >= 0.6 is 0 Å². The standard InChI is InChI=1S/C24H20FN3O3/c1-16-21(17(2)28(27-16)20-10-8-19(25)9-11-20)12-13-24(29)30-15-23-26-14-22(31-23)18-6-4-3-5-7-18/h3-14H,15H2,1-2H3/b13-12+. The van der Waals surface area contributed by atoms with Crippen LogP contribution in [-0.2, 0) is 16.1 Å². The quantitative estimate of drug-likeness (QED) is 0.325. The monoisotopic (exact) mass is 417 g/mol. The van der Waals surface area contributed by atoms with Gasteiger partial charge in [-0.25, -0.2) is 18.9 Å². The van der Waals surface area contributed by atoms with E-state index in [2.05, 4.69) is 10.1 Å². The Hall–Kier alpha value is -4.00. The van der Waals surface area contributed by atoms with Gasteiger partial charge in [0.2, 0.25) is 5.89 Å². The molecule has 0 fully saturated rings. The molecule has 0 bridgehead atoms. The first-order valence-electron chi connectivity index (χ1n) is 9.68. The normalized spacial score (nSPS) is 11.2. The first kappa shape index (κ1) is 20.3. The number of aryl methyl sites for hydroxylation is 1. The number of benzene rings is 2. The molecule has 2 heterocycles. The lowest BCUT2D eigenvalue weighted by Crippen LogP contribution is -2.01. The molecule has 0 N–H and O–H groups in total. The van der Waals surface area contributed by atoms with Crippen LogP contribution in [0, 0.1) is 19.7 Å². The minimum Gasteiger partial charge on any atom is -0.453 e. The van der Waals surface area contributed by atoms with E-state index in [0.29, 0.717) is 11.7 Å². The highest BCUT2D eigenvalue weighted by Gasteiger charge is 2.12. The van der Waals surface area contributed by atoms with Gasteiger partial charge in [-0.15, -0.1) is 0 Å². The topological polar surface area (TPSA) is 70.2 Å². The SMILES string of the molecule is Cc1nn(-c2ccc(F)cc2)c(C)c1/C=C/C(=O)OCc1ncc(-c2ccccc2)o1. The molecule has 0 amide bonds. The lowest BCUT2D eigenvalue weighted by atomic mass is 10.2. The predicted molar refractivity (Wildman–Crippen MR) is 114 cm³/mol. The number of oxazole rings is 1. The van der Waals surface area contributed by atoms with Crippen molar-refractivity contribution in [3.05, 3.63) is 95.5 Å². The number of ether oxygens (including phenoxy) is 1. The van der Waals surface area contributed by atoms with E-state index in [-0.39, 0.29) is 12.4 Å². The van der Waals surface area contributed by atoms with E-state index in [1.807, 2.05) is 44.2 Å². The number of esters is 1. The fraction of sp³-hybridized carbons (Fsp3) is 0.125. The van der Waals surface area contributed by atoms with Crippen LogP contribution in [0.4, 0.5) is 4.39 Å². The number of hydrogen-bond acceptors (Lipinski definition) is 5. The molecule has 0 atom stereocenters. The fourth-order valence-corrected chi connectivity index (χ4v) is 3.17. The van der Waals surface area contributed by atoms with Gasteiger partial charge in [-0.2, -0.15) is 5.10 Å². The van der Waals surface area contributed by atoms with Gasteiger partial charge in [-0.3, -0.25) is 0 Å². The maximum absolute atomic E-state index is 13.2. The molecule has 0 aliphatic rings. The summed E-state index contributed by atoms with van der Waals surface area (Å²) in [4.78, 5) is 16.3. The van der Waals surface area contributed by atoms with Gasteiger partial charge in [-0.1, -0.05) is 30.3 Å². The third-order valence-corrected chi connectivity index (χ3v) is 4.75. The van der Waals surface area contributed by atoms with Gasteiger partial charge in [0, 0.05) is 22.9 Å². The highest BCUT2D eigenvalue weighted by molar-refractivity contribution is 5.87. The molecule has 0 spiro atoms. The van der Waals surface area contributed by atoms with Crippen LogP contribution < -0.4 is 0 Å². The summed E-state index contributed by atoms with van der Waals surface area (Å²) in [5, 5.41) is 4.48. The van der Waals surface area contributed by atoms with Crippen LogP contribution in [0.2, 0.25) is 0 Å². The molecule has 2 aromatic carbocycles. The molecule has 0 aliphatic heterocycles. The molecular formula is C24H20FN3O3. The molecule has 6 nitrogen and oxygen atoms in total. The van der Waals surface area contributed by atoms with E-state index in [1.165, 1.54) is 18.2 Å². The maximum Gasteiger partial charge on any atom is 0.331 e. The van der Waals surface area contributed by atoms with Crippen LogP contribution in [0.1, 0.15) is 22.8 Å². The first-order chi connectivity index (χ1) is 15.0. The van der Waals surface area contributed by atoms with Crippen molar-refractivity contribution in [1.82, 2.24) is 14.8 Å². The summed E-state index contributed by atoms with van der Waals surface area (Å²) in [5.41, 5.74) is 4.00. The number of hydrogen-bond donors (Lipinski definition) is 0. The third kappa shape index (κ3) is 4.61. The Morgan fingerprint density at radius 2 is 1.87 bits per heavy atom. The summed E-state index contributed by atoms with van der Waals surface area (Å²) in [6.07, 6.45) is 4.60. The second kappa shape index (κ2) is 8.79. The summed E-state index contributed by atoms with van der Waals surface area (Å²) in [5.74, 6) is 0.0987. The smallest absolute Gasteiger partial charge is 0.331 e. The number of rotatable bonds is 6. The summed E-state index contributed by atoms with van der Waals surface area (Å²) < 4.78 is 25.7. The summed E-state index contributed by atoms with van der Waals surface area (Å²) in [6.45, 7) is 3.66. The van der Waals surface area contributed by atoms with Crippen molar-refractivity contribution in [1.29, 1.82) is 0 Å². The van der Waals surface area contributed by atoms with E-state index in [9.17, 15) is 9.18 Å². The van der Waals surface area contributed by atoms with Gasteiger partial charge in [-0.05, 0) is 44.2 Å². The zero-order chi connectivity index (χ0) is 21.8. The van der Waals surface area contributed by atoms with Crippen molar-refractivity contribution >= 4 is 12.0 Å². The Bertz CT molecular complexity index is 1220. The second-order valence-corrected chi connectivity index (χ2v) is 6.90. The Labute approximate surface area is 178 Å². The van der Waals surface area contributed by atoms with E-state index in [0.717, 1.165) is 28.2 Å². The van der Waals surface area contributed by atoms with Crippen LogP contribution in [0.5, 0.6) is 0 Å². The van der Waals surface area contributed by atoms with Crippen LogP contribution in [0.3, 0.4) is 0 Å². The first-order valence-corrected chi connectivity index (χ1v) is 9.68. The molecule has 31 heavy (non-hydrogen) atoms. The number of aromatic nitrogens is 3. The zero-order valence-corrected chi connectivity index (χ0v) is 17.1. The average Bonchev–Trinajstić information content (AvgIpc) is 3.37. The van der Waals surface area contributed by atoms with Crippen molar-refractivity contribution in [2.75, 3.05) is 0 Å². The molecule has 4 rings (SSSR count). The number of carbonyl (C=O) groups is 1. The minimum atomic E-state index is -0.521. The van der Waals surface area contributed by atoms with Crippen molar-refractivity contribution in [2.24, 2.45) is 0 Å².